The van der Waals surface area contributed by atoms with Gasteiger partial charge in [-0.25, -0.2) is 4.39 Å². The van der Waals surface area contributed by atoms with Gasteiger partial charge in [0.1, 0.15) is 5.82 Å². The maximum atomic E-state index is 13.8. The zero-order valence-corrected chi connectivity index (χ0v) is 16.2. The van der Waals surface area contributed by atoms with Crippen molar-refractivity contribution in [1.82, 2.24) is 10.2 Å². The third kappa shape index (κ3) is 5.47. The fourth-order valence-corrected chi connectivity index (χ4v) is 4.20. The van der Waals surface area contributed by atoms with E-state index < -0.39 is 17.6 Å². The van der Waals surface area contributed by atoms with E-state index in [1.807, 2.05) is 0 Å². The zero-order valence-electron chi connectivity index (χ0n) is 14.5. The summed E-state index contributed by atoms with van der Waals surface area (Å²) in [5.41, 5.74) is -0.561. The van der Waals surface area contributed by atoms with Gasteiger partial charge in [0.15, 0.2) is 0 Å². The van der Waals surface area contributed by atoms with Gasteiger partial charge in [0.05, 0.1) is 5.56 Å². The number of nitrogens with one attached hydrogen (secondary N) is 1. The van der Waals surface area contributed by atoms with Crippen LogP contribution in [0, 0.1) is 11.7 Å². The Labute approximate surface area is 164 Å². The van der Waals surface area contributed by atoms with Gasteiger partial charge < -0.3 is 5.32 Å². The number of piperazine rings is 1. The van der Waals surface area contributed by atoms with E-state index in [2.05, 4.69) is 10.2 Å². The molecule has 0 amide bonds. The number of benzene rings is 1. The van der Waals surface area contributed by atoms with Crippen LogP contribution in [0.1, 0.15) is 49.3 Å². The van der Waals surface area contributed by atoms with Crippen molar-refractivity contribution in [2.45, 2.75) is 44.3 Å². The Morgan fingerprint density at radius 3 is 2.19 bits per heavy atom. The molecule has 26 heavy (non-hydrogen) atoms. The molecule has 1 saturated carbocycles. The first-order chi connectivity index (χ1) is 11.5. The Morgan fingerprint density at radius 1 is 1.00 bits per heavy atom. The third-order valence-corrected chi connectivity index (χ3v) is 5.28. The Hall–Kier alpha value is -0.560. The summed E-state index contributed by atoms with van der Waals surface area (Å²) in [6.45, 7) is 2.93. The van der Waals surface area contributed by atoms with Gasteiger partial charge in [0.25, 0.3) is 0 Å². The van der Waals surface area contributed by atoms with Crippen LogP contribution in [-0.4, -0.2) is 31.1 Å². The molecule has 3 rings (SSSR count). The number of hydrogen-bond donors (Lipinski definition) is 1. The first-order valence-corrected chi connectivity index (χ1v) is 8.78. The molecule has 1 aromatic carbocycles. The predicted octanol–water partition coefficient (Wildman–Crippen LogP) is 5.21. The van der Waals surface area contributed by atoms with Crippen LogP contribution in [0.3, 0.4) is 0 Å². The smallest absolute Gasteiger partial charge is 0.314 e. The van der Waals surface area contributed by atoms with E-state index in [1.54, 1.807) is 0 Å². The lowest BCUT2D eigenvalue weighted by atomic mass is 9.79. The maximum absolute atomic E-state index is 13.8. The lowest BCUT2D eigenvalue weighted by Crippen LogP contribution is -2.47. The van der Waals surface area contributed by atoms with Gasteiger partial charge in [-0.2, -0.15) is 13.2 Å². The molecule has 8 heteroatoms. The predicted molar refractivity (Wildman–Crippen MR) is 99.7 cm³/mol. The van der Waals surface area contributed by atoms with E-state index in [-0.39, 0.29) is 42.3 Å². The Bertz CT molecular complexity index is 539. The molecule has 0 radical (unpaired) electrons. The second-order valence-electron chi connectivity index (χ2n) is 6.86. The standard InChI is InChI=1S/C18H24F4N2.2ClH/c19-14-6-7-16(18(20,21)22)15(12-14)17(13-4-2-1-3-5-13)24-10-8-23-9-11-24;;/h6-7,12-13,17,23H,1-5,8-11H2;2*1H/t17-;;/m1../s1. The highest BCUT2D eigenvalue weighted by Gasteiger charge is 2.39. The first-order valence-electron chi connectivity index (χ1n) is 8.78. The average Bonchev–Trinajstić information content (AvgIpc) is 2.56. The lowest BCUT2D eigenvalue weighted by Gasteiger charge is -2.42. The number of hydrogen-bond acceptors (Lipinski definition) is 2. The number of halogens is 6. The van der Waals surface area contributed by atoms with Gasteiger partial charge >= 0.3 is 6.18 Å². The molecule has 150 valence electrons. The van der Waals surface area contributed by atoms with Crippen LogP contribution >= 0.6 is 24.8 Å². The maximum Gasteiger partial charge on any atom is 0.416 e. The molecule has 2 nitrogen and oxygen atoms in total. The van der Waals surface area contributed by atoms with Crippen LogP contribution in [0.4, 0.5) is 17.6 Å². The zero-order chi connectivity index (χ0) is 17.2. The molecule has 2 aliphatic rings. The monoisotopic (exact) mass is 416 g/mol. The molecule has 1 atom stereocenters. The van der Waals surface area contributed by atoms with Crippen LogP contribution < -0.4 is 5.32 Å². The van der Waals surface area contributed by atoms with E-state index >= 15 is 0 Å². The molecule has 0 spiro atoms. The van der Waals surface area contributed by atoms with Gasteiger partial charge in [0.2, 0.25) is 0 Å². The molecule has 1 heterocycles. The number of nitrogens with zero attached hydrogens (tertiary/aromatic N) is 1. The second kappa shape index (κ2) is 10.1. The minimum atomic E-state index is -4.45. The van der Waals surface area contributed by atoms with Gasteiger partial charge in [-0.15, -0.1) is 24.8 Å². The van der Waals surface area contributed by atoms with Gasteiger partial charge in [-0.05, 0) is 42.5 Å². The molecule has 0 aromatic heterocycles. The van der Waals surface area contributed by atoms with Crippen molar-refractivity contribution in [2.75, 3.05) is 26.2 Å². The van der Waals surface area contributed by atoms with Crippen LogP contribution in [0.15, 0.2) is 18.2 Å². The van der Waals surface area contributed by atoms with Gasteiger partial charge in [0, 0.05) is 32.2 Å². The highest BCUT2D eigenvalue weighted by molar-refractivity contribution is 5.85. The highest BCUT2D eigenvalue weighted by atomic mass is 35.5. The Morgan fingerprint density at radius 2 is 1.62 bits per heavy atom. The van der Waals surface area contributed by atoms with E-state index in [1.165, 1.54) is 0 Å². The summed E-state index contributed by atoms with van der Waals surface area (Å²) < 4.78 is 54.4. The largest absolute Gasteiger partial charge is 0.416 e. The Balaban J connectivity index is 0.00000169. The number of alkyl halides is 3. The molecular weight excluding hydrogens is 391 g/mol. The molecule has 2 fully saturated rings. The normalized spacial score (nSPS) is 20.8. The second-order valence-corrected chi connectivity index (χ2v) is 6.86. The minimum absolute atomic E-state index is 0. The molecule has 1 N–H and O–H groups in total. The summed E-state index contributed by atoms with van der Waals surface area (Å²) in [6, 6.07) is 2.59. The van der Waals surface area contributed by atoms with Crippen molar-refractivity contribution >= 4 is 24.8 Å². The van der Waals surface area contributed by atoms with Crippen LogP contribution in [0.2, 0.25) is 0 Å². The molecule has 1 aliphatic heterocycles. The van der Waals surface area contributed by atoms with E-state index in [4.69, 9.17) is 0 Å². The molecule has 0 unspecified atom stereocenters. The van der Waals surface area contributed by atoms with Crippen molar-refractivity contribution in [1.29, 1.82) is 0 Å². The molecular formula is C18H26Cl2F4N2. The third-order valence-electron chi connectivity index (χ3n) is 5.28. The molecule has 1 saturated heterocycles. The van der Waals surface area contributed by atoms with Gasteiger partial charge in [-0.1, -0.05) is 19.3 Å². The van der Waals surface area contributed by atoms with Crippen molar-refractivity contribution in [3.8, 4) is 0 Å². The number of rotatable bonds is 3. The summed E-state index contributed by atoms with van der Waals surface area (Å²) in [6.07, 6.45) is 0.614. The quantitative estimate of drug-likeness (QED) is 0.679. The molecule has 0 bridgehead atoms. The van der Waals surface area contributed by atoms with Crippen LogP contribution in [0.5, 0.6) is 0 Å². The van der Waals surface area contributed by atoms with Crippen molar-refractivity contribution in [3.63, 3.8) is 0 Å². The molecule has 1 aromatic rings. The van der Waals surface area contributed by atoms with Gasteiger partial charge in [-0.3, -0.25) is 4.90 Å². The van der Waals surface area contributed by atoms with E-state index in [9.17, 15) is 17.6 Å². The summed E-state index contributed by atoms with van der Waals surface area (Å²) in [5, 5.41) is 3.24. The topological polar surface area (TPSA) is 15.3 Å². The average molecular weight is 417 g/mol. The Kier molecular flexibility index (Phi) is 9.13. The van der Waals surface area contributed by atoms with Crippen molar-refractivity contribution in [2.24, 2.45) is 5.92 Å². The van der Waals surface area contributed by atoms with E-state index in [0.29, 0.717) is 13.1 Å². The van der Waals surface area contributed by atoms with Crippen molar-refractivity contribution in [3.05, 3.63) is 35.1 Å². The molecule has 1 aliphatic carbocycles. The summed E-state index contributed by atoms with van der Waals surface area (Å²) in [5.74, 6) is -0.423. The van der Waals surface area contributed by atoms with Crippen LogP contribution in [-0.2, 0) is 6.18 Å². The summed E-state index contributed by atoms with van der Waals surface area (Å²) in [7, 11) is 0. The fraction of sp³-hybridized carbons (Fsp3) is 0.667. The van der Waals surface area contributed by atoms with Crippen LogP contribution in [0.25, 0.3) is 0 Å². The lowest BCUT2D eigenvalue weighted by molar-refractivity contribution is -0.139. The summed E-state index contributed by atoms with van der Waals surface area (Å²) in [4.78, 5) is 2.12. The first kappa shape index (κ1) is 23.5. The fourth-order valence-electron chi connectivity index (χ4n) is 4.20. The minimum Gasteiger partial charge on any atom is -0.314 e. The SMILES string of the molecule is Cl.Cl.Fc1ccc(C(F)(F)F)c([C@@H](C2CCCCC2)N2CCNCC2)c1. The van der Waals surface area contributed by atoms with Crippen molar-refractivity contribution < 1.29 is 17.6 Å². The summed E-state index contributed by atoms with van der Waals surface area (Å²) >= 11 is 0. The van der Waals surface area contributed by atoms with E-state index in [0.717, 1.165) is 63.4 Å². The highest BCUT2D eigenvalue weighted by Crippen LogP contribution is 2.43.